The molecule has 54 heavy (non-hydrogen) atoms. The summed E-state index contributed by atoms with van der Waals surface area (Å²) in [6.07, 6.45) is 0.671. The molecular formula is C40H66N8O6. The molecule has 0 aliphatic rings. The molecule has 0 fully saturated rings. The molecular weight excluding hydrogens is 688 g/mol. The maximum absolute atomic E-state index is 13.9. The van der Waals surface area contributed by atoms with Crippen molar-refractivity contribution in [3.8, 4) is 0 Å². The summed E-state index contributed by atoms with van der Waals surface area (Å²) in [7, 11) is 0. The third-order valence-corrected chi connectivity index (χ3v) is 9.53. The van der Waals surface area contributed by atoms with Crippen LogP contribution in [-0.2, 0) is 32.0 Å². The molecule has 8 atom stereocenters. The van der Waals surface area contributed by atoms with E-state index in [-0.39, 0.29) is 24.7 Å². The Morgan fingerprint density at radius 1 is 0.537 bits per heavy atom. The molecule has 14 heteroatoms. The fourth-order valence-corrected chi connectivity index (χ4v) is 6.14. The number of hydrogen-bond donors (Lipinski definition) is 10. The molecule has 0 radical (unpaired) electrons. The van der Waals surface area contributed by atoms with Gasteiger partial charge in [0.05, 0.1) is 24.2 Å². The fourth-order valence-electron chi connectivity index (χ4n) is 6.14. The number of aliphatic hydroxyl groups is 2. The van der Waals surface area contributed by atoms with E-state index in [0.717, 1.165) is 24.0 Å². The third kappa shape index (κ3) is 15.8. The SMILES string of the molecule is CC(C)[C@H](NC(=O)[C@@H](N)CCCCN)C(=O)N[C@@H](Cc1ccccc1)[C@@H](O)[C@H](O)[C@H](Cc1ccccc1)NC(=O)[C@@H](NC(=O)[C@@H](N)CCCCN)C(C)C. The van der Waals surface area contributed by atoms with E-state index in [4.69, 9.17) is 22.9 Å². The number of amides is 4. The molecule has 0 aliphatic carbocycles. The average Bonchev–Trinajstić information content (AvgIpc) is 3.15. The molecule has 4 amide bonds. The average molecular weight is 755 g/mol. The molecule has 2 rings (SSSR count). The summed E-state index contributed by atoms with van der Waals surface area (Å²) in [6.45, 7) is 8.10. The van der Waals surface area contributed by atoms with Crippen LogP contribution in [0.15, 0.2) is 60.7 Å². The quantitative estimate of drug-likeness (QED) is 0.0623. The summed E-state index contributed by atoms with van der Waals surface area (Å²) in [4.78, 5) is 53.7. The number of nitrogens with two attached hydrogens (primary N) is 4. The summed E-state index contributed by atoms with van der Waals surface area (Å²) in [5.74, 6) is -2.76. The molecule has 0 saturated carbocycles. The van der Waals surface area contributed by atoms with E-state index >= 15 is 0 Å². The van der Waals surface area contributed by atoms with Gasteiger partial charge in [-0.1, -0.05) is 101 Å². The van der Waals surface area contributed by atoms with E-state index in [9.17, 15) is 29.4 Å². The first kappa shape index (κ1) is 46.2. The van der Waals surface area contributed by atoms with Crippen LogP contribution in [0.4, 0.5) is 0 Å². The monoisotopic (exact) mass is 755 g/mol. The molecule has 0 spiro atoms. The van der Waals surface area contributed by atoms with Crippen LogP contribution in [0.5, 0.6) is 0 Å². The summed E-state index contributed by atoms with van der Waals surface area (Å²) in [6, 6.07) is 12.6. The minimum Gasteiger partial charge on any atom is -0.388 e. The lowest BCUT2D eigenvalue weighted by Gasteiger charge is -2.35. The summed E-state index contributed by atoms with van der Waals surface area (Å²) in [5, 5.41) is 35.1. The van der Waals surface area contributed by atoms with Crippen LogP contribution in [0.1, 0.15) is 77.3 Å². The lowest BCUT2D eigenvalue weighted by atomic mass is 9.90. The Morgan fingerprint density at radius 2 is 0.870 bits per heavy atom. The molecule has 0 unspecified atom stereocenters. The number of carbonyl (C=O) groups is 4. The number of unbranched alkanes of at least 4 members (excludes halogenated alkanes) is 2. The van der Waals surface area contributed by atoms with Crippen molar-refractivity contribution in [3.63, 3.8) is 0 Å². The highest BCUT2D eigenvalue weighted by atomic mass is 16.3. The van der Waals surface area contributed by atoms with Crippen molar-refractivity contribution in [1.29, 1.82) is 0 Å². The van der Waals surface area contributed by atoms with Gasteiger partial charge >= 0.3 is 0 Å². The largest absolute Gasteiger partial charge is 0.388 e. The second kappa shape index (κ2) is 24.5. The number of rotatable bonds is 25. The number of nitrogens with one attached hydrogen (secondary N) is 4. The van der Waals surface area contributed by atoms with Gasteiger partial charge in [-0.25, -0.2) is 0 Å². The lowest BCUT2D eigenvalue weighted by molar-refractivity contribution is -0.133. The lowest BCUT2D eigenvalue weighted by Crippen LogP contribution is -2.62. The summed E-state index contributed by atoms with van der Waals surface area (Å²) in [5.41, 5.74) is 24.9. The maximum Gasteiger partial charge on any atom is 0.243 e. The van der Waals surface area contributed by atoms with Crippen LogP contribution in [0.3, 0.4) is 0 Å². The summed E-state index contributed by atoms with van der Waals surface area (Å²) >= 11 is 0. The molecule has 0 aromatic heterocycles. The Morgan fingerprint density at radius 3 is 1.17 bits per heavy atom. The minimum atomic E-state index is -1.59. The highest BCUT2D eigenvalue weighted by Crippen LogP contribution is 2.17. The molecule has 2 aromatic carbocycles. The fraction of sp³-hybridized carbons (Fsp3) is 0.600. The van der Waals surface area contributed by atoms with Crippen LogP contribution in [0.2, 0.25) is 0 Å². The van der Waals surface area contributed by atoms with Crippen LogP contribution in [0, 0.1) is 11.8 Å². The third-order valence-electron chi connectivity index (χ3n) is 9.53. The topological polar surface area (TPSA) is 261 Å². The Labute approximate surface area is 321 Å². The van der Waals surface area contributed by atoms with Gasteiger partial charge in [0.25, 0.3) is 0 Å². The normalized spacial score (nSPS) is 16.0. The van der Waals surface area contributed by atoms with Crippen molar-refractivity contribution < 1.29 is 29.4 Å². The van der Waals surface area contributed by atoms with Gasteiger partial charge < -0.3 is 54.4 Å². The van der Waals surface area contributed by atoms with Crippen LogP contribution >= 0.6 is 0 Å². The van der Waals surface area contributed by atoms with E-state index in [0.29, 0.717) is 38.8 Å². The van der Waals surface area contributed by atoms with Gasteiger partial charge in [0.2, 0.25) is 23.6 Å². The second-order valence-corrected chi connectivity index (χ2v) is 14.8. The smallest absolute Gasteiger partial charge is 0.243 e. The molecule has 14 N–H and O–H groups in total. The molecule has 0 saturated heterocycles. The van der Waals surface area contributed by atoms with E-state index in [2.05, 4.69) is 21.3 Å². The standard InChI is InChI=1S/C40H66N8O6/c1-25(2)33(47-37(51)29(43)19-11-13-21-41)39(53)45-31(23-27-15-7-5-8-16-27)35(49)36(50)32(24-28-17-9-6-10-18-28)46-40(54)34(26(3)4)48-38(52)30(44)20-12-14-22-42/h5-10,15-18,25-26,29-36,49-50H,11-14,19-24,41-44H2,1-4H3,(H,45,53)(H,46,54)(H,47,51)(H,48,52)/t29-,30-,31-,32-,33-,34-,35+,36+/m0/s1. The van der Waals surface area contributed by atoms with Crippen molar-refractivity contribution in [2.45, 2.75) is 128 Å². The first-order valence-electron chi connectivity index (χ1n) is 19.3. The number of benzene rings is 2. The van der Waals surface area contributed by atoms with Gasteiger partial charge in [-0.3, -0.25) is 19.2 Å². The first-order valence-corrected chi connectivity index (χ1v) is 19.3. The molecule has 0 bridgehead atoms. The van der Waals surface area contributed by atoms with Crippen LogP contribution in [-0.4, -0.2) is 95.4 Å². The van der Waals surface area contributed by atoms with Crippen molar-refractivity contribution >= 4 is 23.6 Å². The molecule has 302 valence electrons. The van der Waals surface area contributed by atoms with Crippen LogP contribution < -0.4 is 44.2 Å². The zero-order valence-electron chi connectivity index (χ0n) is 32.5. The Kier molecular flexibility index (Phi) is 21.0. The van der Waals surface area contributed by atoms with Gasteiger partial charge in [0.15, 0.2) is 0 Å². The zero-order valence-corrected chi connectivity index (χ0v) is 32.5. The van der Waals surface area contributed by atoms with Crippen molar-refractivity contribution in [3.05, 3.63) is 71.8 Å². The molecule has 0 heterocycles. The second-order valence-electron chi connectivity index (χ2n) is 14.8. The van der Waals surface area contributed by atoms with Crippen molar-refractivity contribution in [2.24, 2.45) is 34.8 Å². The Bertz CT molecular complexity index is 1290. The number of hydrogen-bond acceptors (Lipinski definition) is 10. The number of aliphatic hydroxyl groups excluding tert-OH is 2. The Balaban J connectivity index is 2.39. The van der Waals surface area contributed by atoms with Crippen molar-refractivity contribution in [2.75, 3.05) is 13.1 Å². The van der Waals surface area contributed by atoms with Crippen molar-refractivity contribution in [1.82, 2.24) is 21.3 Å². The molecule has 14 nitrogen and oxygen atoms in total. The van der Waals surface area contributed by atoms with Gasteiger partial charge in [-0.15, -0.1) is 0 Å². The van der Waals surface area contributed by atoms with E-state index in [1.807, 2.05) is 60.7 Å². The molecule has 0 aliphatic heterocycles. The molecule has 2 aromatic rings. The minimum absolute atomic E-state index is 0.126. The van der Waals surface area contributed by atoms with Gasteiger partial charge in [0.1, 0.15) is 24.3 Å². The maximum atomic E-state index is 13.9. The highest BCUT2D eigenvalue weighted by molar-refractivity contribution is 5.90. The van der Waals surface area contributed by atoms with E-state index < -0.39 is 72.1 Å². The summed E-state index contributed by atoms with van der Waals surface area (Å²) < 4.78 is 0. The van der Waals surface area contributed by atoms with Gasteiger partial charge in [-0.05, 0) is 74.6 Å². The van der Waals surface area contributed by atoms with Gasteiger partial charge in [-0.2, -0.15) is 0 Å². The first-order chi connectivity index (χ1) is 25.7. The Hall–Kier alpha value is -3.92. The predicted molar refractivity (Wildman–Crippen MR) is 211 cm³/mol. The van der Waals surface area contributed by atoms with E-state index in [1.54, 1.807) is 27.7 Å². The predicted octanol–water partition coefficient (Wildman–Crippen LogP) is 0.357. The zero-order chi connectivity index (χ0) is 40.2. The number of carbonyl (C=O) groups excluding carboxylic acids is 4. The van der Waals surface area contributed by atoms with E-state index in [1.165, 1.54) is 0 Å². The van der Waals surface area contributed by atoms with Crippen LogP contribution in [0.25, 0.3) is 0 Å². The van der Waals surface area contributed by atoms with Gasteiger partial charge in [0, 0.05) is 0 Å². The highest BCUT2D eigenvalue weighted by Gasteiger charge is 2.38.